The predicted molar refractivity (Wildman–Crippen MR) is 174 cm³/mol. The highest BCUT2D eigenvalue weighted by Crippen LogP contribution is 2.42. The lowest BCUT2D eigenvalue weighted by Crippen LogP contribution is -2.55. The second kappa shape index (κ2) is 13.6. The number of likely N-dealkylation sites (N-methyl/N-ethyl adjacent to an activating group) is 1. The Morgan fingerprint density at radius 2 is 1.82 bits per heavy atom. The number of rotatable bonds is 10. The first-order chi connectivity index (χ1) is 21.0. The summed E-state index contributed by atoms with van der Waals surface area (Å²) in [5.41, 5.74) is -0.463. The van der Waals surface area contributed by atoms with Crippen molar-refractivity contribution < 1.29 is 34.8 Å². The molecular weight excluding hydrogens is 576 g/mol. The standard InChI is InChI=1S/C34H52N4O7.H2/c1-10-43-20-24(15-21(2)3)35-29(39)22-16-23(19-37(18-22)32(42)45-33(4,5)6)30(40)38(25-11-12-25)26-13-14-28-27(17-26)36(9)31(41)34(7,8)44-28;/h13-14,17,21-25H,10-12,15-16,18-20H2,1-9H3,(H,35,39);1H/t22-,23+,24?;/m0./s1. The maximum absolute atomic E-state index is 14.4. The highest BCUT2D eigenvalue weighted by atomic mass is 16.6. The molecule has 252 valence electrons. The number of anilines is 2. The molecule has 3 aliphatic rings. The molecule has 1 saturated heterocycles. The molecule has 3 atom stereocenters. The number of carbonyl (C=O) groups is 4. The van der Waals surface area contributed by atoms with Gasteiger partial charge in [-0.15, -0.1) is 0 Å². The van der Waals surface area contributed by atoms with Crippen molar-refractivity contribution in [3.05, 3.63) is 18.2 Å². The molecule has 1 unspecified atom stereocenters. The number of nitrogens with zero attached hydrogens (tertiary/aromatic N) is 3. The van der Waals surface area contributed by atoms with Crippen LogP contribution in [0.2, 0.25) is 0 Å². The van der Waals surface area contributed by atoms with Crippen LogP contribution in [-0.4, -0.2) is 85.4 Å². The molecule has 0 bridgehead atoms. The Hall–Kier alpha value is -3.34. The minimum absolute atomic E-state index is 0. The molecule has 11 nitrogen and oxygen atoms in total. The molecule has 2 heterocycles. The van der Waals surface area contributed by atoms with Crippen LogP contribution in [0, 0.1) is 17.8 Å². The summed E-state index contributed by atoms with van der Waals surface area (Å²) < 4.78 is 17.3. The fourth-order valence-electron chi connectivity index (χ4n) is 6.14. The van der Waals surface area contributed by atoms with E-state index in [2.05, 4.69) is 19.2 Å². The zero-order valence-corrected chi connectivity index (χ0v) is 28.5. The van der Waals surface area contributed by atoms with Gasteiger partial charge in [0.25, 0.3) is 5.91 Å². The summed E-state index contributed by atoms with van der Waals surface area (Å²) in [6.45, 7) is 16.2. The first-order valence-corrected chi connectivity index (χ1v) is 16.3. The molecule has 0 aromatic heterocycles. The van der Waals surface area contributed by atoms with E-state index in [4.69, 9.17) is 14.2 Å². The van der Waals surface area contributed by atoms with Gasteiger partial charge in [-0.05, 0) is 91.3 Å². The van der Waals surface area contributed by atoms with Crippen LogP contribution in [-0.2, 0) is 23.9 Å². The average Bonchev–Trinajstić information content (AvgIpc) is 3.78. The number of carbonyl (C=O) groups excluding carboxylic acids is 4. The van der Waals surface area contributed by atoms with Crippen molar-refractivity contribution in [1.29, 1.82) is 0 Å². The van der Waals surface area contributed by atoms with E-state index >= 15 is 0 Å². The first kappa shape index (κ1) is 34.5. The molecule has 1 saturated carbocycles. The lowest BCUT2D eigenvalue weighted by molar-refractivity contribution is -0.132. The quantitative estimate of drug-likeness (QED) is 0.387. The summed E-state index contributed by atoms with van der Waals surface area (Å²) >= 11 is 0. The second-order valence-corrected chi connectivity index (χ2v) is 14.6. The number of hydrogen-bond donors (Lipinski definition) is 1. The van der Waals surface area contributed by atoms with Crippen LogP contribution in [0.3, 0.4) is 0 Å². The summed E-state index contributed by atoms with van der Waals surface area (Å²) in [5.74, 6) is -0.817. The van der Waals surface area contributed by atoms with E-state index in [1.807, 2.05) is 19.1 Å². The molecule has 1 aliphatic carbocycles. The van der Waals surface area contributed by atoms with Crippen molar-refractivity contribution in [2.75, 3.05) is 43.2 Å². The molecule has 2 aliphatic heterocycles. The monoisotopic (exact) mass is 630 g/mol. The van der Waals surface area contributed by atoms with Gasteiger partial charge in [-0.3, -0.25) is 14.4 Å². The van der Waals surface area contributed by atoms with E-state index in [1.54, 1.807) is 57.5 Å². The van der Waals surface area contributed by atoms with E-state index in [0.29, 0.717) is 42.7 Å². The van der Waals surface area contributed by atoms with E-state index < -0.39 is 29.1 Å². The lowest BCUT2D eigenvalue weighted by Gasteiger charge is -2.40. The summed E-state index contributed by atoms with van der Waals surface area (Å²) in [4.78, 5) is 59.2. The Morgan fingerprint density at radius 1 is 1.16 bits per heavy atom. The smallest absolute Gasteiger partial charge is 0.410 e. The number of likely N-dealkylation sites (tertiary alicyclic amines) is 1. The number of fused-ring (bicyclic) bond motifs is 1. The summed E-state index contributed by atoms with van der Waals surface area (Å²) in [7, 11) is 1.71. The molecule has 0 radical (unpaired) electrons. The van der Waals surface area contributed by atoms with E-state index in [9.17, 15) is 19.2 Å². The van der Waals surface area contributed by atoms with Gasteiger partial charge in [0.1, 0.15) is 11.4 Å². The number of nitrogens with one attached hydrogen (secondary N) is 1. The van der Waals surface area contributed by atoms with E-state index in [0.717, 1.165) is 19.3 Å². The van der Waals surface area contributed by atoms with E-state index in [-0.39, 0.29) is 44.3 Å². The zero-order valence-electron chi connectivity index (χ0n) is 28.5. The van der Waals surface area contributed by atoms with Gasteiger partial charge >= 0.3 is 6.09 Å². The Balaban J connectivity index is 0.00000576. The third-order valence-corrected chi connectivity index (χ3v) is 8.36. The number of amides is 4. The molecule has 4 rings (SSSR count). The third kappa shape index (κ3) is 8.48. The van der Waals surface area contributed by atoms with Gasteiger partial charge in [0.05, 0.1) is 30.2 Å². The first-order valence-electron chi connectivity index (χ1n) is 16.3. The van der Waals surface area contributed by atoms with Crippen LogP contribution in [0.4, 0.5) is 16.2 Å². The molecule has 1 aromatic carbocycles. The number of benzene rings is 1. The van der Waals surface area contributed by atoms with Gasteiger partial charge in [0.15, 0.2) is 5.60 Å². The Kier molecular flexibility index (Phi) is 10.4. The third-order valence-electron chi connectivity index (χ3n) is 8.36. The van der Waals surface area contributed by atoms with Crippen molar-refractivity contribution in [2.45, 2.75) is 104 Å². The minimum Gasteiger partial charge on any atom is -0.476 e. The van der Waals surface area contributed by atoms with Gasteiger partial charge in [0, 0.05) is 39.9 Å². The highest BCUT2D eigenvalue weighted by molar-refractivity contribution is 6.03. The normalized spacial score (nSPS) is 22.0. The van der Waals surface area contributed by atoms with Gasteiger partial charge in [0.2, 0.25) is 11.8 Å². The van der Waals surface area contributed by atoms with Gasteiger partial charge in [-0.1, -0.05) is 13.8 Å². The van der Waals surface area contributed by atoms with Gasteiger partial charge in [-0.2, -0.15) is 0 Å². The summed E-state index contributed by atoms with van der Waals surface area (Å²) in [5, 5.41) is 3.15. The highest BCUT2D eigenvalue weighted by Gasteiger charge is 2.45. The maximum Gasteiger partial charge on any atom is 0.410 e. The van der Waals surface area contributed by atoms with Crippen molar-refractivity contribution in [3.8, 4) is 5.75 Å². The Morgan fingerprint density at radius 3 is 2.42 bits per heavy atom. The number of piperidine rings is 1. The minimum atomic E-state index is -0.991. The maximum atomic E-state index is 14.4. The molecule has 4 amide bonds. The van der Waals surface area contributed by atoms with E-state index in [1.165, 1.54) is 4.90 Å². The van der Waals surface area contributed by atoms with Crippen LogP contribution in [0.15, 0.2) is 18.2 Å². The molecular formula is C34H54N4O7. The van der Waals surface area contributed by atoms with Crippen molar-refractivity contribution in [2.24, 2.45) is 17.8 Å². The number of hydrogen-bond acceptors (Lipinski definition) is 7. The largest absolute Gasteiger partial charge is 0.476 e. The van der Waals surface area contributed by atoms with Gasteiger partial charge in [-0.25, -0.2) is 4.79 Å². The molecule has 2 fully saturated rings. The Bertz CT molecular complexity index is 1280. The van der Waals surface area contributed by atoms with Crippen LogP contribution in [0.25, 0.3) is 0 Å². The second-order valence-electron chi connectivity index (χ2n) is 14.6. The average molecular weight is 631 g/mol. The lowest BCUT2D eigenvalue weighted by atomic mass is 9.87. The van der Waals surface area contributed by atoms with Crippen molar-refractivity contribution in [3.63, 3.8) is 0 Å². The fraction of sp³-hybridized carbons (Fsp3) is 0.706. The van der Waals surface area contributed by atoms with Crippen molar-refractivity contribution in [1.82, 2.24) is 10.2 Å². The summed E-state index contributed by atoms with van der Waals surface area (Å²) in [6.07, 6.45) is 2.21. The Labute approximate surface area is 269 Å². The molecule has 1 N–H and O–H groups in total. The van der Waals surface area contributed by atoms with Gasteiger partial charge < -0.3 is 34.2 Å². The molecule has 11 heteroatoms. The zero-order chi connectivity index (χ0) is 33.3. The van der Waals surface area contributed by atoms with Crippen LogP contribution >= 0.6 is 0 Å². The SMILES string of the molecule is CCOCC(CC(C)C)NC(=O)[C@H]1C[C@@H](C(=O)N(c2ccc3c(c2)N(C)C(=O)C(C)(C)O3)C2CC2)CN(C(=O)OC(C)(C)C)C1.[HH]. The molecule has 1 aromatic rings. The molecule has 45 heavy (non-hydrogen) atoms. The fourth-order valence-corrected chi connectivity index (χ4v) is 6.14. The topological polar surface area (TPSA) is 118 Å². The summed E-state index contributed by atoms with van der Waals surface area (Å²) in [6, 6.07) is 5.30. The number of ether oxygens (including phenoxy) is 3. The van der Waals surface area contributed by atoms with Crippen LogP contribution in [0.5, 0.6) is 5.75 Å². The van der Waals surface area contributed by atoms with Crippen molar-refractivity contribution >= 4 is 35.2 Å². The predicted octanol–water partition coefficient (Wildman–Crippen LogP) is 5.00. The molecule has 0 spiro atoms. The van der Waals surface area contributed by atoms with Crippen LogP contribution in [0.1, 0.15) is 82.5 Å². The van der Waals surface area contributed by atoms with Crippen LogP contribution < -0.4 is 19.9 Å².